The molecule has 0 aromatic rings. The molecule has 0 atom stereocenters. The summed E-state index contributed by atoms with van der Waals surface area (Å²) in [6.07, 6.45) is 0. The average molecular weight is 558 g/mol. The standard InChI is InChI=1S/6Al.Ba.Ni.6H2O.6O.2H/h;;;;;;;;6*1H2;;;;;;;;/q6*+1;+2;;;;;;;;;;;;;;2*-1/p-6. The molecule has 20 heavy (non-hydrogen) atoms. The summed E-state index contributed by atoms with van der Waals surface area (Å²) in [7, 11) is 0. The Bertz CT molecular complexity index is 129. The van der Waals surface area contributed by atoms with Gasteiger partial charge in [-0.25, -0.2) is 0 Å². The van der Waals surface area contributed by atoms with E-state index in [9.17, 15) is 0 Å². The molecule has 0 heterocycles. The van der Waals surface area contributed by atoms with Gasteiger partial charge in [0.25, 0.3) is 0 Å². The molecule has 0 bridgehead atoms. The molecule has 0 unspecified atom stereocenters. The van der Waals surface area contributed by atoms with Gasteiger partial charge in [0.1, 0.15) is 0 Å². The summed E-state index contributed by atoms with van der Waals surface area (Å²) in [6, 6.07) is 0. The molecule has 0 aliphatic rings. The number of hydrogen-bond donors (Lipinski definition) is 6. The Kier molecular flexibility index (Phi) is 300. The molecule has 0 saturated heterocycles. The van der Waals surface area contributed by atoms with E-state index in [1.807, 2.05) is 0 Å². The Morgan fingerprint density at radius 1 is 0.450 bits per heavy atom. The number of hydrogen-bond acceptors (Lipinski definition) is 6. The van der Waals surface area contributed by atoms with Gasteiger partial charge in [0.15, 0.2) is 0 Å². The molecule has 110 valence electrons. The van der Waals surface area contributed by atoms with Crippen LogP contribution in [0.5, 0.6) is 0 Å². The third-order valence-corrected chi connectivity index (χ3v) is 0. The van der Waals surface area contributed by atoms with Crippen molar-refractivity contribution in [1.29, 1.82) is 0 Å². The molecule has 0 aliphatic carbocycles. The first kappa shape index (κ1) is 49.5. The molecule has 0 spiro atoms. The van der Waals surface area contributed by atoms with E-state index in [1.165, 1.54) is 0 Å². The van der Waals surface area contributed by atoms with Crippen LogP contribution in [-0.2, 0) is 39.3 Å². The molecule has 0 amide bonds. The Labute approximate surface area is 205 Å². The summed E-state index contributed by atoms with van der Waals surface area (Å²) < 4.78 is 94.0. The average Bonchev–Trinajstić information content (AvgIpc) is 2.23. The summed E-state index contributed by atoms with van der Waals surface area (Å²) >= 11 is -9.00. The maximum atomic E-state index is 8.57. The van der Waals surface area contributed by atoms with Crippen molar-refractivity contribution in [1.82, 2.24) is 0 Å². The van der Waals surface area contributed by atoms with Crippen molar-refractivity contribution >= 4 is 142 Å². The molecule has 20 heteroatoms. The molecule has 6 N–H and O–H groups in total. The fourth-order valence-corrected chi connectivity index (χ4v) is 0. The number of rotatable bonds is 0. The van der Waals surface area contributed by atoms with Crippen LogP contribution in [0.4, 0.5) is 0 Å². The summed E-state index contributed by atoms with van der Waals surface area (Å²) in [6.45, 7) is 0. The predicted molar refractivity (Wildman–Crippen MR) is 59.9 cm³/mol. The van der Waals surface area contributed by atoms with Crippen molar-refractivity contribution < 1.29 is 67.1 Å². The van der Waals surface area contributed by atoms with Gasteiger partial charge >= 0.3 is 190 Å². The summed E-state index contributed by atoms with van der Waals surface area (Å²) in [5, 5.41) is 0. The first-order valence-electron chi connectivity index (χ1n) is 2.96. The summed E-state index contributed by atoms with van der Waals surface area (Å²) in [5.41, 5.74) is 0. The molecule has 12 nitrogen and oxygen atoms in total. The predicted octanol–water partition coefficient (Wildman–Crippen LogP) is -6.50. The molecular weight excluding hydrogens is 550 g/mol. The van der Waals surface area contributed by atoms with Gasteiger partial charge in [0, 0.05) is 16.5 Å². The Morgan fingerprint density at radius 2 is 0.450 bits per heavy atom. The van der Waals surface area contributed by atoms with Crippen LogP contribution in [0.3, 0.4) is 0 Å². The van der Waals surface area contributed by atoms with Crippen molar-refractivity contribution in [3.63, 3.8) is 0 Å². The summed E-state index contributed by atoms with van der Waals surface area (Å²) in [4.78, 5) is 0. The van der Waals surface area contributed by atoms with Crippen molar-refractivity contribution in [2.24, 2.45) is 0 Å². The van der Waals surface area contributed by atoms with E-state index < -0.39 is 92.9 Å². The van der Waals surface area contributed by atoms with Crippen LogP contribution in [0, 0.1) is 0 Å². The third-order valence-electron chi connectivity index (χ3n) is 0. The van der Waals surface area contributed by atoms with Crippen LogP contribution in [-0.4, -0.2) is 167 Å². The van der Waals surface area contributed by atoms with Gasteiger partial charge in [-0.2, -0.15) is 0 Å². The van der Waals surface area contributed by atoms with Crippen LogP contribution in [0.1, 0.15) is 2.85 Å². The minimum absolute atomic E-state index is 0. The first-order valence-corrected chi connectivity index (χ1v) is 8.89. The van der Waals surface area contributed by atoms with E-state index in [4.69, 9.17) is 47.8 Å². The van der Waals surface area contributed by atoms with E-state index in [1.54, 1.807) is 0 Å². The fourth-order valence-electron chi connectivity index (χ4n) is 0. The maximum absolute atomic E-state index is 8.57. The Morgan fingerprint density at radius 3 is 0.450 bits per heavy atom. The molecule has 0 aromatic carbocycles. The Hall–Kier alpha value is 2.86. The molecule has 0 aromatic heterocycles. The zero-order chi connectivity index (χ0) is 16.2. The molecule has 0 saturated carbocycles. The molecule has 0 rings (SSSR count). The molecule has 0 aliphatic heterocycles. The van der Waals surface area contributed by atoms with Gasteiger partial charge in [-0.1, -0.05) is 0 Å². The van der Waals surface area contributed by atoms with Crippen molar-refractivity contribution in [3.05, 3.63) is 0 Å². The van der Waals surface area contributed by atoms with E-state index >= 15 is 0 Å². The monoisotopic (exact) mass is 558 g/mol. The van der Waals surface area contributed by atoms with Crippen molar-refractivity contribution in [3.8, 4) is 0 Å². The van der Waals surface area contributed by atoms with Crippen LogP contribution < -0.4 is 0 Å². The second-order valence-electron chi connectivity index (χ2n) is 0.632. The Balaban J connectivity index is -0.00000000947. The van der Waals surface area contributed by atoms with Crippen LogP contribution in [0.25, 0.3) is 0 Å². The van der Waals surface area contributed by atoms with Gasteiger partial charge in [0.05, 0.1) is 0 Å². The van der Waals surface area contributed by atoms with Gasteiger partial charge in [0.2, 0.25) is 0 Å². The zero-order valence-corrected chi connectivity index (χ0v) is 22.0. The van der Waals surface area contributed by atoms with Crippen LogP contribution in [0.2, 0.25) is 0 Å². The zero-order valence-electron chi connectivity index (χ0n) is 11.6. The normalized spacial score (nSPS) is 2.40. The van der Waals surface area contributed by atoms with Gasteiger partial charge in [-0.3, -0.25) is 0 Å². The minimum atomic E-state index is -1.50. The van der Waals surface area contributed by atoms with Crippen molar-refractivity contribution in [2.75, 3.05) is 0 Å². The van der Waals surface area contributed by atoms with E-state index in [-0.39, 0.29) is 68.2 Å². The third kappa shape index (κ3) is 1010. The van der Waals surface area contributed by atoms with Gasteiger partial charge in [-0.15, -0.1) is 0 Å². The second kappa shape index (κ2) is 121. The van der Waals surface area contributed by atoms with Crippen LogP contribution in [0.15, 0.2) is 0 Å². The van der Waals surface area contributed by atoms with Crippen molar-refractivity contribution in [2.45, 2.75) is 0 Å². The van der Waals surface area contributed by atoms with E-state index in [0.717, 1.165) is 0 Å². The molecular formula is H8Al6BaNiO12. The van der Waals surface area contributed by atoms with Crippen LogP contribution >= 0.6 is 0 Å². The molecule has 0 fully saturated rings. The summed E-state index contributed by atoms with van der Waals surface area (Å²) in [5.74, 6) is 0. The fraction of sp³-hybridized carbons (Fsp3) is 0. The second-order valence-corrected chi connectivity index (χ2v) is 1.90. The van der Waals surface area contributed by atoms with E-state index in [0.29, 0.717) is 0 Å². The first-order chi connectivity index (χ1) is 8.49. The van der Waals surface area contributed by atoms with Gasteiger partial charge < -0.3 is 2.85 Å². The van der Waals surface area contributed by atoms with Gasteiger partial charge in [-0.05, 0) is 0 Å². The quantitative estimate of drug-likeness (QED) is 0.153. The van der Waals surface area contributed by atoms with E-state index in [2.05, 4.69) is 0 Å². The molecule has 0 radical (unpaired) electrons. The SMILES string of the molecule is [Ba+2].[H-].[H-].[Ni].[O]=[Al][OH].[O]=[Al][OH].[O]=[Al][OH].[O]=[Al][OH].[O]=[Al][OH].[O]=[Al][OH]. The topological polar surface area (TPSA) is 224 Å².